The Hall–Kier alpha value is -3.00. The molecule has 8 nitrogen and oxygen atoms in total. The zero-order chi connectivity index (χ0) is 23.4. The topological polar surface area (TPSA) is 95.8 Å². The van der Waals surface area contributed by atoms with E-state index in [2.05, 4.69) is 23.1 Å². The Bertz CT molecular complexity index is 1010. The summed E-state index contributed by atoms with van der Waals surface area (Å²) in [5.74, 6) is 0.651. The van der Waals surface area contributed by atoms with Gasteiger partial charge in [-0.3, -0.25) is 10.2 Å². The molecule has 2 aliphatic rings. The number of esters is 1. The van der Waals surface area contributed by atoms with Crippen molar-refractivity contribution >= 4 is 17.6 Å². The third kappa shape index (κ3) is 5.55. The minimum atomic E-state index is -0.659. The van der Waals surface area contributed by atoms with Gasteiger partial charge in [0, 0.05) is 44.0 Å². The van der Waals surface area contributed by atoms with Gasteiger partial charge in [0.1, 0.15) is 24.8 Å². The summed E-state index contributed by atoms with van der Waals surface area (Å²) in [6.07, 6.45) is 6.28. The minimum Gasteiger partial charge on any atom is -1.00 e. The maximum absolute atomic E-state index is 13.0. The molecule has 2 aromatic rings. The van der Waals surface area contributed by atoms with Crippen LogP contribution in [-0.2, 0) is 29.5 Å². The Morgan fingerprint density at radius 3 is 2.50 bits per heavy atom. The van der Waals surface area contributed by atoms with Gasteiger partial charge in [0.15, 0.2) is 18.4 Å². The van der Waals surface area contributed by atoms with Crippen LogP contribution in [0.5, 0.6) is 5.75 Å². The quantitative estimate of drug-likeness (QED) is 0.235. The third-order valence-corrected chi connectivity index (χ3v) is 6.80. The van der Waals surface area contributed by atoms with E-state index in [1.807, 2.05) is 48.0 Å². The molecule has 1 saturated heterocycles. The van der Waals surface area contributed by atoms with E-state index >= 15 is 0 Å². The van der Waals surface area contributed by atoms with Gasteiger partial charge >= 0.3 is 5.97 Å². The number of carbonyl (C=O) groups is 1. The average molecular weight is 488 g/mol. The second-order valence-corrected chi connectivity index (χ2v) is 8.99. The standard InChI is InChI=1S/C25H34N5O3.ClH/c1-3-32-23(31)25(9-14-29(15-10-25)21-7-11-28(2)12-8-21)18-33-22-5-4-19-6-13-30(24(26)27)17-20(19)16-22;/h4-5,7-8,11-12,16H,3,6,9-10,13-15,17-18H2,1-2H3,(H3,26,27);1H/q+1;/p-1. The summed E-state index contributed by atoms with van der Waals surface area (Å²) in [5, 5.41) is 7.72. The monoisotopic (exact) mass is 487 g/mol. The van der Waals surface area contributed by atoms with E-state index in [1.54, 1.807) is 0 Å². The molecule has 2 aliphatic heterocycles. The summed E-state index contributed by atoms with van der Waals surface area (Å²) >= 11 is 0. The number of benzene rings is 1. The van der Waals surface area contributed by atoms with Crippen LogP contribution in [0.15, 0.2) is 42.7 Å². The molecule has 0 aliphatic carbocycles. The van der Waals surface area contributed by atoms with E-state index in [0.29, 0.717) is 32.6 Å². The van der Waals surface area contributed by atoms with Crippen molar-refractivity contribution in [2.75, 3.05) is 37.7 Å². The third-order valence-electron chi connectivity index (χ3n) is 6.80. The second kappa shape index (κ2) is 11.0. The van der Waals surface area contributed by atoms with Gasteiger partial charge in [-0.1, -0.05) is 6.07 Å². The molecule has 4 rings (SSSR count). The smallest absolute Gasteiger partial charge is 0.315 e. The number of nitrogens with one attached hydrogen (secondary N) is 1. The first-order valence-corrected chi connectivity index (χ1v) is 11.6. The highest BCUT2D eigenvalue weighted by Gasteiger charge is 2.44. The number of aryl methyl sites for hydroxylation is 1. The predicted octanol–water partition coefficient (Wildman–Crippen LogP) is -1.00. The highest BCUT2D eigenvalue weighted by atomic mass is 35.5. The van der Waals surface area contributed by atoms with Gasteiger partial charge in [0.25, 0.3) is 0 Å². The van der Waals surface area contributed by atoms with Gasteiger partial charge in [-0.15, -0.1) is 0 Å². The number of ether oxygens (including phenoxy) is 2. The number of guanidine groups is 1. The molecular formula is C25H34ClN5O3. The van der Waals surface area contributed by atoms with E-state index in [-0.39, 0.29) is 24.3 Å². The van der Waals surface area contributed by atoms with Gasteiger partial charge in [0.05, 0.1) is 6.61 Å². The van der Waals surface area contributed by atoms with Gasteiger partial charge < -0.3 is 37.4 Å². The van der Waals surface area contributed by atoms with E-state index in [0.717, 1.165) is 43.1 Å². The SMILES string of the molecule is CCOC(=O)C1(COc2ccc3c(c2)CN(C(=N)N)CC3)CCN(c2cc[n+](C)cc2)CC1.[Cl-]. The second-order valence-electron chi connectivity index (χ2n) is 8.99. The number of hydrogen-bond acceptors (Lipinski definition) is 5. The maximum atomic E-state index is 13.0. The Morgan fingerprint density at radius 1 is 1.15 bits per heavy atom. The molecule has 1 aromatic carbocycles. The predicted molar refractivity (Wildman–Crippen MR) is 126 cm³/mol. The first-order chi connectivity index (χ1) is 15.9. The molecule has 0 amide bonds. The van der Waals surface area contributed by atoms with Crippen molar-refractivity contribution in [2.24, 2.45) is 18.2 Å². The van der Waals surface area contributed by atoms with Crippen LogP contribution in [0.25, 0.3) is 0 Å². The fraction of sp³-hybridized carbons (Fsp3) is 0.480. The Morgan fingerprint density at radius 2 is 1.85 bits per heavy atom. The average Bonchev–Trinajstić information content (AvgIpc) is 2.83. The number of nitrogens with zero attached hydrogens (tertiary/aromatic N) is 3. The van der Waals surface area contributed by atoms with Gasteiger partial charge in [-0.2, -0.15) is 0 Å². The van der Waals surface area contributed by atoms with Crippen molar-refractivity contribution in [1.29, 1.82) is 5.41 Å². The lowest BCUT2D eigenvalue weighted by molar-refractivity contribution is -0.671. The number of carbonyl (C=O) groups excluding carboxylic acids is 1. The minimum absolute atomic E-state index is 0. The molecule has 1 aromatic heterocycles. The molecular weight excluding hydrogens is 454 g/mol. The van der Waals surface area contributed by atoms with Crippen LogP contribution >= 0.6 is 0 Å². The zero-order valence-corrected chi connectivity index (χ0v) is 20.7. The van der Waals surface area contributed by atoms with Gasteiger partial charge in [0.2, 0.25) is 0 Å². The zero-order valence-electron chi connectivity index (χ0n) is 19.9. The number of hydrogen-bond donors (Lipinski definition) is 2. The Kier molecular flexibility index (Phi) is 8.25. The summed E-state index contributed by atoms with van der Waals surface area (Å²) in [5.41, 5.74) is 8.55. The summed E-state index contributed by atoms with van der Waals surface area (Å²) in [6.45, 7) is 5.40. The fourth-order valence-corrected chi connectivity index (χ4v) is 4.64. The molecule has 1 fully saturated rings. The van der Waals surface area contributed by atoms with Crippen LogP contribution in [0.3, 0.4) is 0 Å². The number of pyridine rings is 1. The van der Waals surface area contributed by atoms with Crippen molar-refractivity contribution < 1.29 is 31.2 Å². The lowest BCUT2D eigenvalue weighted by atomic mass is 9.79. The molecule has 34 heavy (non-hydrogen) atoms. The van der Waals surface area contributed by atoms with E-state index in [9.17, 15) is 4.79 Å². The number of anilines is 1. The Labute approximate surface area is 207 Å². The van der Waals surface area contributed by atoms with E-state index < -0.39 is 5.41 Å². The number of halogens is 1. The number of fused-ring (bicyclic) bond motifs is 1. The number of aromatic nitrogens is 1. The van der Waals surface area contributed by atoms with Crippen LogP contribution in [0.4, 0.5) is 5.69 Å². The first kappa shape index (κ1) is 25.6. The highest BCUT2D eigenvalue weighted by Crippen LogP contribution is 2.36. The molecule has 0 unspecified atom stereocenters. The molecule has 9 heteroatoms. The molecule has 3 N–H and O–H groups in total. The lowest BCUT2D eigenvalue weighted by Crippen LogP contribution is -3.00. The van der Waals surface area contributed by atoms with Crippen molar-refractivity contribution in [1.82, 2.24) is 4.90 Å². The molecule has 0 bridgehead atoms. The normalized spacial score (nSPS) is 16.8. The summed E-state index contributed by atoms with van der Waals surface area (Å²) < 4.78 is 13.7. The molecule has 184 valence electrons. The van der Waals surface area contributed by atoms with Crippen molar-refractivity contribution in [3.05, 3.63) is 53.9 Å². The number of piperidine rings is 1. The first-order valence-electron chi connectivity index (χ1n) is 11.6. The number of rotatable bonds is 6. The van der Waals surface area contributed by atoms with Gasteiger partial charge in [-0.05, 0) is 49.4 Å². The van der Waals surface area contributed by atoms with Crippen LogP contribution in [0.2, 0.25) is 0 Å². The van der Waals surface area contributed by atoms with E-state index in [4.69, 9.17) is 20.6 Å². The van der Waals surface area contributed by atoms with Crippen LogP contribution in [-0.4, -0.2) is 49.7 Å². The number of nitrogens with two attached hydrogens (primary N) is 1. The van der Waals surface area contributed by atoms with Crippen LogP contribution < -0.4 is 32.3 Å². The van der Waals surface area contributed by atoms with Gasteiger partial charge in [-0.25, -0.2) is 4.57 Å². The van der Waals surface area contributed by atoms with Crippen LogP contribution in [0, 0.1) is 10.8 Å². The molecule has 3 heterocycles. The van der Waals surface area contributed by atoms with Crippen LogP contribution in [0.1, 0.15) is 30.9 Å². The summed E-state index contributed by atoms with van der Waals surface area (Å²) in [7, 11) is 2.00. The van der Waals surface area contributed by atoms with E-state index in [1.165, 1.54) is 5.56 Å². The summed E-state index contributed by atoms with van der Waals surface area (Å²) in [6, 6.07) is 10.3. The molecule has 0 atom stereocenters. The van der Waals surface area contributed by atoms with Crippen molar-refractivity contribution in [2.45, 2.75) is 32.7 Å². The highest BCUT2D eigenvalue weighted by molar-refractivity contribution is 5.77. The van der Waals surface area contributed by atoms with Crippen molar-refractivity contribution in [3.63, 3.8) is 0 Å². The summed E-state index contributed by atoms with van der Waals surface area (Å²) in [4.78, 5) is 17.2. The fourth-order valence-electron chi connectivity index (χ4n) is 4.64. The van der Waals surface area contributed by atoms with Crippen molar-refractivity contribution in [3.8, 4) is 5.75 Å². The molecule has 0 saturated carbocycles. The largest absolute Gasteiger partial charge is 1.00 e. The molecule has 0 spiro atoms. The maximum Gasteiger partial charge on any atom is 0.315 e. The molecule has 0 radical (unpaired) electrons. The lowest BCUT2D eigenvalue weighted by Gasteiger charge is -2.40. The Balaban J connectivity index is 0.00000324.